The number of anilines is 1. The summed E-state index contributed by atoms with van der Waals surface area (Å²) in [6.07, 6.45) is 5.08. The van der Waals surface area contributed by atoms with Crippen LogP contribution in [0.4, 0.5) is 5.69 Å². The van der Waals surface area contributed by atoms with Crippen molar-refractivity contribution in [2.75, 3.05) is 19.4 Å². The Balaban J connectivity index is 2.02. The van der Waals surface area contributed by atoms with Gasteiger partial charge in [0, 0.05) is 19.8 Å². The minimum Gasteiger partial charge on any atom is -0.453 e. The molecular formula is C18H23ClN2O5S. The van der Waals surface area contributed by atoms with Crippen molar-refractivity contribution >= 4 is 39.2 Å². The van der Waals surface area contributed by atoms with Crippen LogP contribution >= 0.6 is 11.6 Å². The van der Waals surface area contributed by atoms with Crippen LogP contribution in [0.3, 0.4) is 0 Å². The van der Waals surface area contributed by atoms with Gasteiger partial charge in [-0.2, -0.15) is 0 Å². The van der Waals surface area contributed by atoms with Crippen LogP contribution in [0.2, 0.25) is 5.02 Å². The van der Waals surface area contributed by atoms with Gasteiger partial charge in [0.05, 0.1) is 11.4 Å². The van der Waals surface area contributed by atoms with Crippen LogP contribution in [0.25, 0.3) is 0 Å². The molecule has 0 saturated carbocycles. The Morgan fingerprint density at radius 3 is 2.67 bits per heavy atom. The zero-order valence-electron chi connectivity index (χ0n) is 15.4. The first-order chi connectivity index (χ1) is 12.6. The molecule has 0 bridgehead atoms. The molecule has 1 aliphatic carbocycles. The third-order valence-electron chi connectivity index (χ3n) is 4.18. The van der Waals surface area contributed by atoms with Crippen molar-refractivity contribution in [3.63, 3.8) is 0 Å². The average molecular weight is 415 g/mol. The van der Waals surface area contributed by atoms with Crippen LogP contribution in [0.1, 0.15) is 26.2 Å². The quantitative estimate of drug-likeness (QED) is 0.547. The second kappa shape index (κ2) is 8.86. The number of benzene rings is 1. The summed E-state index contributed by atoms with van der Waals surface area (Å²) in [5.74, 6) is -0.843. The fraction of sp³-hybridized carbons (Fsp3) is 0.444. The van der Waals surface area contributed by atoms with Gasteiger partial charge >= 0.3 is 5.97 Å². The fourth-order valence-corrected chi connectivity index (χ4v) is 3.99. The van der Waals surface area contributed by atoms with E-state index in [4.69, 9.17) is 16.3 Å². The number of amides is 1. The molecule has 0 heterocycles. The zero-order chi connectivity index (χ0) is 20.2. The molecule has 0 spiro atoms. The predicted molar refractivity (Wildman–Crippen MR) is 103 cm³/mol. The Kier molecular flexibility index (Phi) is 7.02. The standard InChI is InChI=1S/C18H23ClN2O5S/c1-12(26-17(22)10-13-6-4-5-7-13)18(23)20-14-8-9-15(19)16(11-14)27(24,25)21(2)3/h4,6,8-9,11-13H,5,7,10H2,1-3H3,(H,20,23)/t12-,13-/m0/s1. The number of nitrogens with one attached hydrogen (secondary N) is 1. The monoisotopic (exact) mass is 414 g/mol. The highest BCUT2D eigenvalue weighted by atomic mass is 35.5. The first-order valence-electron chi connectivity index (χ1n) is 8.50. The van der Waals surface area contributed by atoms with Crippen LogP contribution < -0.4 is 5.32 Å². The summed E-state index contributed by atoms with van der Waals surface area (Å²) >= 11 is 5.98. The lowest BCUT2D eigenvalue weighted by molar-refractivity contribution is -0.153. The number of sulfonamides is 1. The molecule has 0 unspecified atom stereocenters. The lowest BCUT2D eigenvalue weighted by Gasteiger charge is -2.16. The number of halogens is 1. The topological polar surface area (TPSA) is 92.8 Å². The summed E-state index contributed by atoms with van der Waals surface area (Å²) in [6.45, 7) is 1.46. The lowest BCUT2D eigenvalue weighted by atomic mass is 10.1. The number of hydrogen-bond donors (Lipinski definition) is 1. The van der Waals surface area contributed by atoms with E-state index in [2.05, 4.69) is 5.32 Å². The highest BCUT2D eigenvalue weighted by molar-refractivity contribution is 7.89. The fourth-order valence-electron chi connectivity index (χ4n) is 2.60. The molecule has 1 aromatic carbocycles. The van der Waals surface area contributed by atoms with Gasteiger partial charge in [-0.15, -0.1) is 0 Å². The van der Waals surface area contributed by atoms with Crippen LogP contribution in [0.5, 0.6) is 0 Å². The molecule has 1 aliphatic rings. The van der Waals surface area contributed by atoms with Gasteiger partial charge in [0.1, 0.15) is 4.90 Å². The van der Waals surface area contributed by atoms with Crippen molar-refractivity contribution in [2.24, 2.45) is 5.92 Å². The number of allylic oxidation sites excluding steroid dienone is 2. The van der Waals surface area contributed by atoms with Gasteiger partial charge in [0.2, 0.25) is 10.0 Å². The molecule has 1 amide bonds. The van der Waals surface area contributed by atoms with Gasteiger partial charge < -0.3 is 10.1 Å². The van der Waals surface area contributed by atoms with Gasteiger partial charge in [-0.25, -0.2) is 12.7 Å². The number of rotatable bonds is 7. The normalized spacial score (nSPS) is 17.7. The summed E-state index contributed by atoms with van der Waals surface area (Å²) < 4.78 is 30.8. The lowest BCUT2D eigenvalue weighted by Crippen LogP contribution is -2.30. The van der Waals surface area contributed by atoms with E-state index >= 15 is 0 Å². The molecule has 0 aromatic heterocycles. The summed E-state index contributed by atoms with van der Waals surface area (Å²) in [5, 5.41) is 2.59. The number of carbonyl (C=O) groups excluding carboxylic acids is 2. The molecule has 2 rings (SSSR count). The largest absolute Gasteiger partial charge is 0.453 e. The first-order valence-corrected chi connectivity index (χ1v) is 10.3. The van der Waals surface area contributed by atoms with Crippen LogP contribution in [-0.2, 0) is 24.3 Å². The van der Waals surface area contributed by atoms with Crippen molar-refractivity contribution in [3.05, 3.63) is 35.4 Å². The molecule has 2 atom stereocenters. The van der Waals surface area contributed by atoms with Crippen LogP contribution in [0.15, 0.2) is 35.2 Å². The Labute approximate surface area is 164 Å². The molecule has 0 fully saturated rings. The van der Waals surface area contributed by atoms with Gasteiger partial charge in [0.25, 0.3) is 5.91 Å². The minimum absolute atomic E-state index is 0.0470. The van der Waals surface area contributed by atoms with Crippen molar-refractivity contribution in [3.8, 4) is 0 Å². The first kappa shape index (κ1) is 21.4. The van der Waals surface area contributed by atoms with Crippen molar-refractivity contribution in [1.82, 2.24) is 4.31 Å². The Morgan fingerprint density at radius 2 is 2.07 bits per heavy atom. The number of hydrogen-bond acceptors (Lipinski definition) is 5. The van der Waals surface area contributed by atoms with Crippen molar-refractivity contribution < 1.29 is 22.7 Å². The molecule has 7 nitrogen and oxygen atoms in total. The highest BCUT2D eigenvalue weighted by Gasteiger charge is 2.24. The third kappa shape index (κ3) is 5.54. The molecule has 0 aliphatic heterocycles. The van der Waals surface area contributed by atoms with Gasteiger partial charge in [-0.1, -0.05) is 23.8 Å². The van der Waals surface area contributed by atoms with E-state index in [9.17, 15) is 18.0 Å². The van der Waals surface area contributed by atoms with Gasteiger partial charge in [-0.05, 0) is 43.9 Å². The predicted octanol–water partition coefficient (Wildman–Crippen LogP) is 2.82. The highest BCUT2D eigenvalue weighted by Crippen LogP contribution is 2.27. The van der Waals surface area contributed by atoms with Crippen LogP contribution in [0, 0.1) is 5.92 Å². The molecule has 9 heteroatoms. The van der Waals surface area contributed by atoms with Gasteiger partial charge in [0.15, 0.2) is 6.10 Å². The summed E-state index contributed by atoms with van der Waals surface area (Å²) in [4.78, 5) is 24.1. The van der Waals surface area contributed by atoms with E-state index in [1.807, 2.05) is 12.2 Å². The maximum absolute atomic E-state index is 12.3. The summed E-state index contributed by atoms with van der Waals surface area (Å²) in [5.41, 5.74) is 0.242. The third-order valence-corrected chi connectivity index (χ3v) is 6.47. The smallest absolute Gasteiger partial charge is 0.307 e. The maximum Gasteiger partial charge on any atom is 0.307 e. The van der Waals surface area contributed by atoms with Crippen molar-refractivity contribution in [1.29, 1.82) is 0 Å². The molecule has 0 saturated heterocycles. The van der Waals surface area contributed by atoms with E-state index in [1.54, 1.807) is 0 Å². The minimum atomic E-state index is -3.76. The zero-order valence-corrected chi connectivity index (χ0v) is 17.0. The van der Waals surface area contributed by atoms with E-state index in [0.29, 0.717) is 0 Å². The SMILES string of the molecule is C[C@H](OC(=O)C[C@H]1C=CCC1)C(=O)Nc1ccc(Cl)c(S(=O)(=O)N(C)C)c1. The number of carbonyl (C=O) groups is 2. The Morgan fingerprint density at radius 1 is 1.37 bits per heavy atom. The van der Waals surface area contributed by atoms with Crippen molar-refractivity contribution in [2.45, 2.75) is 37.2 Å². The second-order valence-corrected chi connectivity index (χ2v) is 9.05. The molecule has 1 N–H and O–H groups in total. The van der Waals surface area contributed by atoms with E-state index in [1.165, 1.54) is 39.2 Å². The van der Waals surface area contributed by atoms with E-state index in [-0.39, 0.29) is 27.9 Å². The summed E-state index contributed by atoms with van der Waals surface area (Å²) in [6, 6.07) is 4.14. The average Bonchev–Trinajstić information content (AvgIpc) is 3.08. The Hall–Kier alpha value is -1.90. The summed E-state index contributed by atoms with van der Waals surface area (Å²) in [7, 11) is -0.986. The Bertz CT molecular complexity index is 851. The van der Waals surface area contributed by atoms with Crippen LogP contribution in [-0.4, -0.2) is 44.8 Å². The number of ether oxygens (including phenoxy) is 1. The molecule has 148 valence electrons. The van der Waals surface area contributed by atoms with Gasteiger partial charge in [-0.3, -0.25) is 9.59 Å². The molecule has 27 heavy (non-hydrogen) atoms. The second-order valence-electron chi connectivity index (χ2n) is 6.52. The molecule has 0 radical (unpaired) electrons. The van der Waals surface area contributed by atoms with E-state index < -0.39 is 28.0 Å². The maximum atomic E-state index is 12.3. The molecule has 1 aromatic rings. The number of esters is 1. The van der Waals surface area contributed by atoms with E-state index in [0.717, 1.165) is 17.1 Å². The number of nitrogens with zero attached hydrogens (tertiary/aromatic N) is 1. The molecular weight excluding hydrogens is 392 g/mol.